The summed E-state index contributed by atoms with van der Waals surface area (Å²) in [5, 5.41) is 14.5. The van der Waals surface area contributed by atoms with Crippen LogP contribution in [0.3, 0.4) is 0 Å². The number of pyridine rings is 1. The average Bonchev–Trinajstić information content (AvgIpc) is 3.53. The fraction of sp³-hybridized carbons (Fsp3) is 0.552. The van der Waals surface area contributed by atoms with E-state index in [1.807, 2.05) is 31.5 Å². The first-order valence-electron chi connectivity index (χ1n) is 14.4. The summed E-state index contributed by atoms with van der Waals surface area (Å²) in [5.74, 6) is -0.202. The van der Waals surface area contributed by atoms with Crippen molar-refractivity contribution in [1.29, 1.82) is 0 Å². The Bertz CT molecular complexity index is 1390. The molecule has 3 aromatic rings. The number of ether oxygens (including phenoxy) is 2. The molecule has 2 amide bonds. The second-order valence-electron chi connectivity index (χ2n) is 11.5. The van der Waals surface area contributed by atoms with Gasteiger partial charge in [-0.25, -0.2) is 4.68 Å². The van der Waals surface area contributed by atoms with Crippen molar-refractivity contribution < 1.29 is 19.1 Å². The van der Waals surface area contributed by atoms with Gasteiger partial charge in [-0.05, 0) is 64.3 Å². The molecular formula is C29H43Cl2N7O4Si. The number of nitrogens with zero attached hydrogens (tertiary/aromatic N) is 5. The first-order valence-corrected chi connectivity index (χ1v) is 19.0. The summed E-state index contributed by atoms with van der Waals surface area (Å²) < 4.78 is 15.0. The van der Waals surface area contributed by atoms with Crippen LogP contribution in [0.25, 0.3) is 11.1 Å². The van der Waals surface area contributed by atoms with Gasteiger partial charge in [0, 0.05) is 44.2 Å². The Morgan fingerprint density at radius 3 is 2.49 bits per heavy atom. The van der Waals surface area contributed by atoms with Crippen LogP contribution >= 0.6 is 23.2 Å². The first kappa shape index (κ1) is 34.6. The zero-order valence-electron chi connectivity index (χ0n) is 26.0. The zero-order chi connectivity index (χ0) is 31.7. The SMILES string of the molecule is CCn1nccc1C(=O)NC(CCCC(Cl)Cl)C(=O)Nc1ccc(-c2c(C)nn(COCC[Si](C)(C)C)c2C)c(OC)n1. The predicted octanol–water partition coefficient (Wildman–Crippen LogP) is 5.81. The van der Waals surface area contributed by atoms with E-state index in [1.54, 1.807) is 23.0 Å². The molecule has 3 aromatic heterocycles. The van der Waals surface area contributed by atoms with Gasteiger partial charge in [0.25, 0.3) is 5.91 Å². The van der Waals surface area contributed by atoms with Crippen molar-refractivity contribution in [3.05, 3.63) is 41.5 Å². The molecule has 1 atom stereocenters. The van der Waals surface area contributed by atoms with Gasteiger partial charge < -0.3 is 20.1 Å². The highest BCUT2D eigenvalue weighted by Crippen LogP contribution is 2.34. The maximum Gasteiger partial charge on any atom is 0.270 e. The largest absolute Gasteiger partial charge is 0.480 e. The maximum atomic E-state index is 13.4. The monoisotopic (exact) mass is 651 g/mol. The molecule has 14 heteroatoms. The summed E-state index contributed by atoms with van der Waals surface area (Å²) in [6.07, 6.45) is 2.89. The molecule has 2 N–H and O–H groups in total. The molecule has 0 spiro atoms. The van der Waals surface area contributed by atoms with Crippen molar-refractivity contribution in [3.8, 4) is 17.0 Å². The molecular weight excluding hydrogens is 609 g/mol. The molecule has 236 valence electrons. The molecule has 0 bridgehead atoms. The normalized spacial score (nSPS) is 12.4. The number of alkyl halides is 2. The maximum absolute atomic E-state index is 13.4. The van der Waals surface area contributed by atoms with E-state index in [0.717, 1.165) is 28.6 Å². The van der Waals surface area contributed by atoms with Crippen LogP contribution in [0.15, 0.2) is 24.4 Å². The van der Waals surface area contributed by atoms with E-state index in [0.29, 0.717) is 50.7 Å². The van der Waals surface area contributed by atoms with Crippen LogP contribution in [0, 0.1) is 13.8 Å². The number of amides is 2. The van der Waals surface area contributed by atoms with Crippen molar-refractivity contribution in [2.45, 2.75) is 89.9 Å². The molecule has 0 fully saturated rings. The van der Waals surface area contributed by atoms with Crippen LogP contribution in [-0.4, -0.2) is 69.0 Å². The minimum Gasteiger partial charge on any atom is -0.480 e. The Morgan fingerprint density at radius 1 is 1.09 bits per heavy atom. The van der Waals surface area contributed by atoms with Crippen molar-refractivity contribution in [3.63, 3.8) is 0 Å². The van der Waals surface area contributed by atoms with Gasteiger partial charge in [-0.1, -0.05) is 19.6 Å². The Balaban J connectivity index is 1.77. The number of aromatic nitrogens is 5. The lowest BCUT2D eigenvalue weighted by atomic mass is 10.1. The van der Waals surface area contributed by atoms with E-state index in [9.17, 15) is 9.59 Å². The quantitative estimate of drug-likeness (QED) is 0.114. The lowest BCUT2D eigenvalue weighted by Gasteiger charge is -2.19. The Labute approximate surface area is 264 Å². The number of aryl methyl sites for hydroxylation is 2. The summed E-state index contributed by atoms with van der Waals surface area (Å²) >= 11 is 11.8. The lowest BCUT2D eigenvalue weighted by molar-refractivity contribution is -0.118. The van der Waals surface area contributed by atoms with Gasteiger partial charge in [-0.3, -0.25) is 14.3 Å². The molecule has 0 aliphatic carbocycles. The molecule has 0 aliphatic rings. The number of hydrogen-bond acceptors (Lipinski definition) is 7. The highest BCUT2D eigenvalue weighted by molar-refractivity contribution is 6.76. The summed E-state index contributed by atoms with van der Waals surface area (Å²) in [6, 6.07) is 5.38. The lowest BCUT2D eigenvalue weighted by Crippen LogP contribution is -2.44. The zero-order valence-corrected chi connectivity index (χ0v) is 28.6. The van der Waals surface area contributed by atoms with Crippen LogP contribution in [-0.2, 0) is 22.8 Å². The topological polar surface area (TPSA) is 125 Å². The average molecular weight is 653 g/mol. The standard InChI is InChI=1S/C29H43Cl2N7O4Si/c1-8-37-23(14-15-32-37)28(40)33-22(10-9-11-24(30)31)27(39)34-25-13-12-21(29(35-25)41-4)26-19(2)36-38(20(26)3)18-42-16-17-43(5,6)7/h12-15,22,24H,8-11,16-18H2,1-7H3,(H,33,40)(H,34,35,39). The highest BCUT2D eigenvalue weighted by Gasteiger charge is 2.25. The molecule has 3 rings (SSSR count). The van der Waals surface area contributed by atoms with Crippen LogP contribution in [0.4, 0.5) is 5.82 Å². The Kier molecular flexibility index (Phi) is 12.6. The molecule has 0 radical (unpaired) electrons. The number of carbonyl (C=O) groups excluding carboxylic acids is 2. The summed E-state index contributed by atoms with van der Waals surface area (Å²) in [7, 11) is 0.344. The number of hydrogen-bond donors (Lipinski definition) is 2. The summed E-state index contributed by atoms with van der Waals surface area (Å²) in [5.41, 5.74) is 3.74. The van der Waals surface area contributed by atoms with Crippen LogP contribution < -0.4 is 15.4 Å². The summed E-state index contributed by atoms with van der Waals surface area (Å²) in [4.78, 5) is 30.4. The molecule has 0 aromatic carbocycles. The first-order chi connectivity index (χ1) is 20.3. The molecule has 1 unspecified atom stereocenters. The van der Waals surface area contributed by atoms with Crippen LogP contribution in [0.5, 0.6) is 5.88 Å². The van der Waals surface area contributed by atoms with Crippen molar-refractivity contribution >= 4 is 48.9 Å². The molecule has 3 heterocycles. The van der Waals surface area contributed by atoms with Crippen molar-refractivity contribution in [1.82, 2.24) is 29.9 Å². The van der Waals surface area contributed by atoms with E-state index < -0.39 is 30.8 Å². The van der Waals surface area contributed by atoms with Gasteiger partial charge in [0.1, 0.15) is 29.1 Å². The fourth-order valence-electron chi connectivity index (χ4n) is 4.57. The van der Waals surface area contributed by atoms with Crippen molar-refractivity contribution in [2.24, 2.45) is 0 Å². The number of nitrogens with one attached hydrogen (secondary N) is 2. The van der Waals surface area contributed by atoms with E-state index in [4.69, 9.17) is 32.7 Å². The van der Waals surface area contributed by atoms with Gasteiger partial charge >= 0.3 is 0 Å². The van der Waals surface area contributed by atoms with Gasteiger partial charge in [0.2, 0.25) is 11.8 Å². The molecule has 0 saturated heterocycles. The van der Waals surface area contributed by atoms with Crippen LogP contribution in [0.1, 0.15) is 48.1 Å². The number of anilines is 1. The number of halogens is 2. The van der Waals surface area contributed by atoms with Gasteiger partial charge in [0.15, 0.2) is 0 Å². The molecule has 0 aliphatic heterocycles. The molecule has 43 heavy (non-hydrogen) atoms. The smallest absolute Gasteiger partial charge is 0.270 e. The number of methoxy groups -OCH3 is 1. The number of rotatable bonds is 16. The van der Waals surface area contributed by atoms with E-state index in [-0.39, 0.29) is 5.82 Å². The Morgan fingerprint density at radius 2 is 1.84 bits per heavy atom. The van der Waals surface area contributed by atoms with E-state index >= 15 is 0 Å². The van der Waals surface area contributed by atoms with Gasteiger partial charge in [-0.15, -0.1) is 23.2 Å². The third-order valence-electron chi connectivity index (χ3n) is 6.95. The summed E-state index contributed by atoms with van der Waals surface area (Å²) in [6.45, 7) is 14.3. The van der Waals surface area contributed by atoms with Gasteiger partial charge in [-0.2, -0.15) is 15.2 Å². The van der Waals surface area contributed by atoms with Gasteiger partial charge in [0.05, 0.1) is 12.8 Å². The Hall–Kier alpha value is -2.93. The van der Waals surface area contributed by atoms with E-state index in [1.165, 1.54) is 7.11 Å². The molecule has 0 saturated carbocycles. The second kappa shape index (κ2) is 15.7. The highest BCUT2D eigenvalue weighted by atomic mass is 35.5. The molecule has 11 nitrogen and oxygen atoms in total. The fourth-order valence-corrected chi connectivity index (χ4v) is 5.63. The second-order valence-corrected chi connectivity index (χ2v) is 18.4. The minimum atomic E-state index is -1.18. The third kappa shape index (κ3) is 9.78. The van der Waals surface area contributed by atoms with Crippen LogP contribution in [0.2, 0.25) is 25.7 Å². The minimum absolute atomic E-state index is 0.286. The van der Waals surface area contributed by atoms with E-state index in [2.05, 4.69) is 45.5 Å². The third-order valence-corrected chi connectivity index (χ3v) is 9.09. The van der Waals surface area contributed by atoms with Crippen molar-refractivity contribution in [2.75, 3.05) is 19.0 Å². The predicted molar refractivity (Wildman–Crippen MR) is 173 cm³/mol. The number of carbonyl (C=O) groups is 2.